The summed E-state index contributed by atoms with van der Waals surface area (Å²) in [5.74, 6) is 1.98. The fourth-order valence-electron chi connectivity index (χ4n) is 2.66. The summed E-state index contributed by atoms with van der Waals surface area (Å²) in [5.41, 5.74) is 1.80. The summed E-state index contributed by atoms with van der Waals surface area (Å²) < 4.78 is 0. The molecule has 2 atom stereocenters. The van der Waals surface area contributed by atoms with Gasteiger partial charge in [-0.3, -0.25) is 0 Å². The van der Waals surface area contributed by atoms with Crippen molar-refractivity contribution in [3.8, 4) is 0 Å². The van der Waals surface area contributed by atoms with Gasteiger partial charge < -0.3 is 0 Å². The van der Waals surface area contributed by atoms with Crippen molar-refractivity contribution in [3.05, 3.63) is 11.6 Å². The van der Waals surface area contributed by atoms with Crippen LogP contribution in [0.25, 0.3) is 0 Å². The molecule has 0 aromatic carbocycles. The van der Waals surface area contributed by atoms with Crippen molar-refractivity contribution in [2.45, 2.75) is 45.4 Å². The van der Waals surface area contributed by atoms with Crippen molar-refractivity contribution in [2.75, 3.05) is 0 Å². The second-order valence-electron chi connectivity index (χ2n) is 4.29. The van der Waals surface area contributed by atoms with E-state index >= 15 is 0 Å². The molecule has 62 valence electrons. The monoisotopic (exact) mass is 150 g/mol. The fourth-order valence-corrected chi connectivity index (χ4v) is 2.66. The van der Waals surface area contributed by atoms with Gasteiger partial charge in [-0.05, 0) is 43.9 Å². The molecule has 0 heterocycles. The molecule has 0 radical (unpaired) electrons. The molecule has 0 nitrogen and oxygen atoms in total. The molecule has 2 aliphatic carbocycles. The number of hydrogen-bond acceptors (Lipinski definition) is 0. The van der Waals surface area contributed by atoms with E-state index < -0.39 is 0 Å². The fraction of sp³-hybridized carbons (Fsp3) is 0.818. The maximum atomic E-state index is 2.50. The molecular formula is C11H18. The minimum Gasteiger partial charge on any atom is -0.0850 e. The predicted molar refractivity (Wildman–Crippen MR) is 48.4 cm³/mol. The quantitative estimate of drug-likeness (QED) is 0.463. The van der Waals surface area contributed by atoms with E-state index in [1.807, 2.05) is 0 Å². The van der Waals surface area contributed by atoms with Crippen LogP contribution in [-0.4, -0.2) is 0 Å². The van der Waals surface area contributed by atoms with Crippen LogP contribution < -0.4 is 0 Å². The molecule has 0 heteroatoms. The summed E-state index contributed by atoms with van der Waals surface area (Å²) >= 11 is 0. The summed E-state index contributed by atoms with van der Waals surface area (Å²) in [7, 11) is 0. The van der Waals surface area contributed by atoms with Gasteiger partial charge in [-0.25, -0.2) is 0 Å². The van der Waals surface area contributed by atoms with Gasteiger partial charge in [-0.2, -0.15) is 0 Å². The van der Waals surface area contributed by atoms with Crippen molar-refractivity contribution >= 4 is 0 Å². The zero-order chi connectivity index (χ0) is 7.68. The van der Waals surface area contributed by atoms with E-state index in [0.29, 0.717) is 0 Å². The Morgan fingerprint density at radius 2 is 2.27 bits per heavy atom. The van der Waals surface area contributed by atoms with Gasteiger partial charge in [0.1, 0.15) is 0 Å². The van der Waals surface area contributed by atoms with Crippen molar-refractivity contribution in [3.63, 3.8) is 0 Å². The Morgan fingerprint density at radius 3 is 3.18 bits per heavy atom. The number of fused-ring (bicyclic) bond motifs is 1. The van der Waals surface area contributed by atoms with Gasteiger partial charge in [0.15, 0.2) is 0 Å². The molecule has 2 aliphatic rings. The Morgan fingerprint density at radius 1 is 1.36 bits per heavy atom. The van der Waals surface area contributed by atoms with Gasteiger partial charge >= 0.3 is 0 Å². The predicted octanol–water partition coefficient (Wildman–Crippen LogP) is 3.53. The Labute approximate surface area is 69.7 Å². The Balaban J connectivity index is 2.06. The SMILES string of the molecule is CC1CCCC2=CCCC2C1. The average Bonchev–Trinajstić information content (AvgIpc) is 2.31. The van der Waals surface area contributed by atoms with Crippen LogP contribution in [0.2, 0.25) is 0 Å². The van der Waals surface area contributed by atoms with E-state index in [9.17, 15) is 0 Å². The number of allylic oxidation sites excluding steroid dienone is 2. The molecule has 0 N–H and O–H groups in total. The van der Waals surface area contributed by atoms with Crippen LogP contribution in [0.1, 0.15) is 45.4 Å². The third-order valence-electron chi connectivity index (χ3n) is 3.30. The van der Waals surface area contributed by atoms with Gasteiger partial charge in [0, 0.05) is 0 Å². The van der Waals surface area contributed by atoms with E-state index in [0.717, 1.165) is 11.8 Å². The third kappa shape index (κ3) is 1.50. The van der Waals surface area contributed by atoms with Crippen LogP contribution in [0.5, 0.6) is 0 Å². The summed E-state index contributed by atoms with van der Waals surface area (Å²) in [5, 5.41) is 0. The molecule has 0 saturated heterocycles. The molecule has 11 heavy (non-hydrogen) atoms. The van der Waals surface area contributed by atoms with E-state index in [1.54, 1.807) is 5.57 Å². The minimum atomic E-state index is 0.990. The first-order valence-electron chi connectivity index (χ1n) is 5.05. The smallest absolute Gasteiger partial charge is 0.0198 e. The molecule has 0 spiro atoms. The minimum absolute atomic E-state index is 0.990. The summed E-state index contributed by atoms with van der Waals surface area (Å²) in [6, 6.07) is 0. The maximum absolute atomic E-state index is 2.50. The van der Waals surface area contributed by atoms with Crippen molar-refractivity contribution in [1.29, 1.82) is 0 Å². The first-order chi connectivity index (χ1) is 5.36. The first kappa shape index (κ1) is 7.39. The van der Waals surface area contributed by atoms with Crippen LogP contribution in [0.3, 0.4) is 0 Å². The van der Waals surface area contributed by atoms with Crippen molar-refractivity contribution < 1.29 is 0 Å². The van der Waals surface area contributed by atoms with Gasteiger partial charge in [0.25, 0.3) is 0 Å². The number of rotatable bonds is 0. The van der Waals surface area contributed by atoms with Crippen LogP contribution >= 0.6 is 0 Å². The van der Waals surface area contributed by atoms with Gasteiger partial charge in [0.2, 0.25) is 0 Å². The van der Waals surface area contributed by atoms with Gasteiger partial charge in [-0.15, -0.1) is 0 Å². The van der Waals surface area contributed by atoms with E-state index in [4.69, 9.17) is 0 Å². The van der Waals surface area contributed by atoms with Crippen LogP contribution in [-0.2, 0) is 0 Å². The van der Waals surface area contributed by atoms with E-state index in [-0.39, 0.29) is 0 Å². The molecule has 0 aliphatic heterocycles. The lowest BCUT2D eigenvalue weighted by atomic mass is 9.92. The second kappa shape index (κ2) is 3.00. The third-order valence-corrected chi connectivity index (χ3v) is 3.30. The zero-order valence-electron chi connectivity index (χ0n) is 7.47. The highest BCUT2D eigenvalue weighted by Crippen LogP contribution is 2.38. The lowest BCUT2D eigenvalue weighted by molar-refractivity contribution is 0.430. The average molecular weight is 150 g/mol. The summed E-state index contributed by atoms with van der Waals surface area (Å²) in [6.07, 6.45) is 11.1. The second-order valence-corrected chi connectivity index (χ2v) is 4.29. The van der Waals surface area contributed by atoms with Crippen LogP contribution in [0.15, 0.2) is 11.6 Å². The molecule has 1 saturated carbocycles. The van der Waals surface area contributed by atoms with Crippen molar-refractivity contribution in [2.24, 2.45) is 11.8 Å². The largest absolute Gasteiger partial charge is 0.0850 e. The lowest BCUT2D eigenvalue weighted by Crippen LogP contribution is -2.01. The first-order valence-corrected chi connectivity index (χ1v) is 5.05. The highest BCUT2D eigenvalue weighted by molar-refractivity contribution is 5.13. The molecule has 0 aromatic rings. The van der Waals surface area contributed by atoms with Crippen LogP contribution in [0, 0.1) is 11.8 Å². The van der Waals surface area contributed by atoms with Crippen molar-refractivity contribution in [1.82, 2.24) is 0 Å². The van der Waals surface area contributed by atoms with Gasteiger partial charge in [-0.1, -0.05) is 25.0 Å². The number of hydrogen-bond donors (Lipinski definition) is 0. The Hall–Kier alpha value is -0.260. The standard InChI is InChI=1S/C11H18/c1-9-4-2-5-10-6-3-7-11(10)8-9/h6,9,11H,2-5,7-8H2,1H3. The topological polar surface area (TPSA) is 0 Å². The molecule has 0 aromatic heterocycles. The molecule has 2 unspecified atom stereocenters. The molecule has 2 rings (SSSR count). The maximum Gasteiger partial charge on any atom is -0.0198 e. The Kier molecular flexibility index (Phi) is 2.02. The molecule has 1 fully saturated rings. The normalized spacial score (nSPS) is 37.7. The van der Waals surface area contributed by atoms with E-state index in [1.165, 1.54) is 38.5 Å². The lowest BCUT2D eigenvalue weighted by Gasteiger charge is -2.13. The summed E-state index contributed by atoms with van der Waals surface area (Å²) in [6.45, 7) is 2.42. The van der Waals surface area contributed by atoms with E-state index in [2.05, 4.69) is 13.0 Å². The summed E-state index contributed by atoms with van der Waals surface area (Å²) in [4.78, 5) is 0. The zero-order valence-corrected chi connectivity index (χ0v) is 7.47. The highest BCUT2D eigenvalue weighted by Gasteiger charge is 2.23. The molecule has 0 amide bonds. The highest BCUT2D eigenvalue weighted by atomic mass is 14.3. The Bertz CT molecular complexity index is 167. The molecular weight excluding hydrogens is 132 g/mol. The van der Waals surface area contributed by atoms with Crippen LogP contribution in [0.4, 0.5) is 0 Å². The van der Waals surface area contributed by atoms with Gasteiger partial charge in [0.05, 0.1) is 0 Å². The molecule has 0 bridgehead atoms.